The monoisotopic (exact) mass is 430 g/mol. The molecule has 0 aliphatic carbocycles. The summed E-state index contributed by atoms with van der Waals surface area (Å²) in [7, 11) is -4.09. The number of carbonyl (C=O) groups is 1. The molecule has 158 valence electrons. The highest BCUT2D eigenvalue weighted by molar-refractivity contribution is 7.92. The summed E-state index contributed by atoms with van der Waals surface area (Å²) < 4.78 is 70.6. The normalized spacial score (nSPS) is 11.8. The van der Waals surface area contributed by atoms with E-state index in [9.17, 15) is 26.4 Å². The summed E-state index contributed by atoms with van der Waals surface area (Å²) in [5, 5.41) is 0. The topological polar surface area (TPSA) is 75.7 Å². The third-order valence-corrected chi connectivity index (χ3v) is 5.45. The van der Waals surface area contributed by atoms with E-state index in [2.05, 4.69) is 4.72 Å². The molecule has 2 aromatic rings. The summed E-state index contributed by atoms with van der Waals surface area (Å²) in [5.41, 5.74) is -1.16. The van der Waals surface area contributed by atoms with Crippen LogP contribution in [-0.4, -0.2) is 38.9 Å². The van der Waals surface area contributed by atoms with Crippen molar-refractivity contribution in [3.8, 4) is 5.75 Å². The number of ether oxygens (including phenoxy) is 1. The molecule has 1 amide bonds. The predicted molar refractivity (Wildman–Crippen MR) is 102 cm³/mol. The van der Waals surface area contributed by atoms with Gasteiger partial charge in [-0.05, 0) is 56.3 Å². The Bertz CT molecular complexity index is 941. The van der Waals surface area contributed by atoms with Crippen LogP contribution in [0.2, 0.25) is 0 Å². The number of amides is 1. The summed E-state index contributed by atoms with van der Waals surface area (Å²) in [5.74, 6) is 0.0986. The molecule has 0 aliphatic rings. The number of carbonyl (C=O) groups excluding carboxylic acids is 1. The van der Waals surface area contributed by atoms with E-state index in [1.807, 2.05) is 13.8 Å². The molecule has 0 heterocycles. The van der Waals surface area contributed by atoms with Crippen LogP contribution in [0.3, 0.4) is 0 Å². The minimum atomic E-state index is -4.58. The lowest BCUT2D eigenvalue weighted by atomic mass is 10.2. The van der Waals surface area contributed by atoms with Gasteiger partial charge >= 0.3 is 6.18 Å². The molecule has 0 atom stereocenters. The number of nitrogens with one attached hydrogen (secondary N) is 1. The van der Waals surface area contributed by atoms with Crippen molar-refractivity contribution in [3.05, 3.63) is 54.1 Å². The number of anilines is 1. The Hall–Kier alpha value is -2.75. The number of halogens is 3. The van der Waals surface area contributed by atoms with Crippen LogP contribution in [0.1, 0.15) is 19.4 Å². The first-order valence-corrected chi connectivity index (χ1v) is 10.3. The van der Waals surface area contributed by atoms with Crippen LogP contribution in [0.15, 0.2) is 53.4 Å². The van der Waals surface area contributed by atoms with Gasteiger partial charge in [0, 0.05) is 18.8 Å². The summed E-state index contributed by atoms with van der Waals surface area (Å²) >= 11 is 0. The van der Waals surface area contributed by atoms with E-state index in [1.165, 1.54) is 30.3 Å². The molecule has 0 saturated carbocycles. The summed E-state index contributed by atoms with van der Waals surface area (Å²) in [6.07, 6.45) is -4.58. The van der Waals surface area contributed by atoms with Gasteiger partial charge in [-0.3, -0.25) is 9.52 Å². The molecule has 0 aromatic heterocycles. The highest BCUT2D eigenvalue weighted by Gasteiger charge is 2.30. The first-order valence-electron chi connectivity index (χ1n) is 8.77. The molecule has 29 heavy (non-hydrogen) atoms. The lowest BCUT2D eigenvalue weighted by Crippen LogP contribution is -2.34. The van der Waals surface area contributed by atoms with Crippen LogP contribution >= 0.6 is 0 Å². The molecule has 0 spiro atoms. The number of benzene rings is 2. The van der Waals surface area contributed by atoms with E-state index < -0.39 is 21.8 Å². The van der Waals surface area contributed by atoms with Gasteiger partial charge in [0.1, 0.15) is 5.75 Å². The van der Waals surface area contributed by atoms with Crippen LogP contribution < -0.4 is 9.46 Å². The molecule has 6 nitrogen and oxygen atoms in total. The fourth-order valence-corrected chi connectivity index (χ4v) is 3.55. The smallest absolute Gasteiger partial charge is 0.416 e. The van der Waals surface area contributed by atoms with Gasteiger partial charge in [-0.1, -0.05) is 6.07 Å². The van der Waals surface area contributed by atoms with E-state index in [0.717, 1.165) is 12.1 Å². The highest BCUT2D eigenvalue weighted by Crippen LogP contribution is 2.31. The minimum Gasteiger partial charge on any atom is -0.484 e. The molecule has 0 aliphatic heterocycles. The Kier molecular flexibility index (Phi) is 7.12. The lowest BCUT2D eigenvalue weighted by molar-refractivity contribution is -0.137. The quantitative estimate of drug-likeness (QED) is 0.692. The number of rotatable bonds is 8. The number of alkyl halides is 3. The molecule has 0 bridgehead atoms. The van der Waals surface area contributed by atoms with Gasteiger partial charge in [-0.2, -0.15) is 13.2 Å². The standard InChI is InChI=1S/C19H21F3N2O4S/c1-3-24(4-2)18(25)13-28-16-8-10-17(11-9-16)29(26,27)23-15-7-5-6-14(12-15)19(20,21)22/h5-12,23H,3-4,13H2,1-2H3. The third-order valence-electron chi connectivity index (χ3n) is 4.05. The number of hydrogen-bond donors (Lipinski definition) is 1. The Morgan fingerprint density at radius 1 is 1.07 bits per heavy atom. The average Bonchev–Trinajstić information content (AvgIpc) is 2.67. The van der Waals surface area contributed by atoms with Crippen LogP contribution in [0.4, 0.5) is 18.9 Å². The second-order valence-electron chi connectivity index (χ2n) is 6.01. The largest absolute Gasteiger partial charge is 0.484 e. The molecule has 0 saturated heterocycles. The summed E-state index contributed by atoms with van der Waals surface area (Å²) in [4.78, 5) is 13.4. The maximum atomic E-state index is 12.8. The maximum absolute atomic E-state index is 12.8. The van der Waals surface area contributed by atoms with Gasteiger partial charge in [0.25, 0.3) is 15.9 Å². The van der Waals surface area contributed by atoms with Crippen LogP contribution in [0.5, 0.6) is 5.75 Å². The van der Waals surface area contributed by atoms with Crippen molar-refractivity contribution in [2.24, 2.45) is 0 Å². The van der Waals surface area contributed by atoms with Crippen molar-refractivity contribution in [3.63, 3.8) is 0 Å². The number of likely N-dealkylation sites (N-methyl/N-ethyl adjacent to an activating group) is 1. The Labute approximate surface area is 167 Å². The molecule has 2 rings (SSSR count). The molecule has 0 unspecified atom stereocenters. The molecule has 10 heteroatoms. The van der Waals surface area contributed by atoms with Gasteiger partial charge in [-0.15, -0.1) is 0 Å². The minimum absolute atomic E-state index is 0.155. The van der Waals surface area contributed by atoms with Crippen molar-refractivity contribution < 1.29 is 31.1 Å². The lowest BCUT2D eigenvalue weighted by Gasteiger charge is -2.18. The molecule has 0 radical (unpaired) electrons. The zero-order valence-corrected chi connectivity index (χ0v) is 16.7. The van der Waals surface area contributed by atoms with Crippen molar-refractivity contribution in [1.29, 1.82) is 0 Å². The highest BCUT2D eigenvalue weighted by atomic mass is 32.2. The molecular weight excluding hydrogens is 409 g/mol. The van der Waals surface area contributed by atoms with Gasteiger partial charge in [0.15, 0.2) is 6.61 Å². The maximum Gasteiger partial charge on any atom is 0.416 e. The van der Waals surface area contributed by atoms with Crippen LogP contribution in [0, 0.1) is 0 Å². The zero-order valence-electron chi connectivity index (χ0n) is 15.9. The van der Waals surface area contributed by atoms with Crippen molar-refractivity contribution >= 4 is 21.6 Å². The SMILES string of the molecule is CCN(CC)C(=O)COc1ccc(S(=O)(=O)Nc2cccc(C(F)(F)F)c2)cc1. The third kappa shape index (κ3) is 6.11. The first-order chi connectivity index (χ1) is 13.6. The van der Waals surface area contributed by atoms with Gasteiger partial charge < -0.3 is 9.64 Å². The number of hydrogen-bond acceptors (Lipinski definition) is 4. The Balaban J connectivity index is 2.08. The second-order valence-corrected chi connectivity index (χ2v) is 7.69. The zero-order chi connectivity index (χ0) is 21.7. The van der Waals surface area contributed by atoms with Gasteiger partial charge in [0.05, 0.1) is 10.5 Å². The van der Waals surface area contributed by atoms with Crippen LogP contribution in [0.25, 0.3) is 0 Å². The Morgan fingerprint density at radius 2 is 1.69 bits per heavy atom. The van der Waals surface area contributed by atoms with Gasteiger partial charge in [0.2, 0.25) is 0 Å². The summed E-state index contributed by atoms with van der Waals surface area (Å²) in [6, 6.07) is 9.14. The molecule has 1 N–H and O–H groups in total. The van der Waals surface area contributed by atoms with Crippen molar-refractivity contribution in [1.82, 2.24) is 4.90 Å². The average molecular weight is 430 g/mol. The molecular formula is C19H21F3N2O4S. The van der Waals surface area contributed by atoms with E-state index in [4.69, 9.17) is 4.74 Å². The van der Waals surface area contributed by atoms with Crippen molar-refractivity contribution in [2.75, 3.05) is 24.4 Å². The van der Waals surface area contributed by atoms with E-state index >= 15 is 0 Å². The van der Waals surface area contributed by atoms with E-state index in [0.29, 0.717) is 24.9 Å². The summed E-state index contributed by atoms with van der Waals surface area (Å²) in [6.45, 7) is 4.61. The number of nitrogens with zero attached hydrogens (tertiary/aromatic N) is 1. The second kappa shape index (κ2) is 9.17. The fraction of sp³-hybridized carbons (Fsp3) is 0.316. The van der Waals surface area contributed by atoms with E-state index in [-0.39, 0.29) is 23.1 Å². The fourth-order valence-electron chi connectivity index (χ4n) is 2.50. The van der Waals surface area contributed by atoms with E-state index in [1.54, 1.807) is 4.90 Å². The number of sulfonamides is 1. The van der Waals surface area contributed by atoms with Crippen LogP contribution in [-0.2, 0) is 21.0 Å². The van der Waals surface area contributed by atoms with Gasteiger partial charge in [-0.25, -0.2) is 8.42 Å². The molecule has 2 aromatic carbocycles. The Morgan fingerprint density at radius 3 is 2.24 bits per heavy atom. The molecule has 0 fully saturated rings. The van der Waals surface area contributed by atoms with Crippen molar-refractivity contribution in [2.45, 2.75) is 24.9 Å². The first kappa shape index (κ1) is 22.5. The predicted octanol–water partition coefficient (Wildman–Crippen LogP) is 3.75.